The largest absolute Gasteiger partial charge is 0.369 e. The summed E-state index contributed by atoms with van der Waals surface area (Å²) >= 11 is 3.58. The van der Waals surface area contributed by atoms with E-state index >= 15 is 0 Å². The van der Waals surface area contributed by atoms with E-state index in [-0.39, 0.29) is 0 Å². The van der Waals surface area contributed by atoms with Crippen LogP contribution in [0.2, 0.25) is 0 Å². The number of rotatable bonds is 3. The van der Waals surface area contributed by atoms with Crippen LogP contribution in [-0.4, -0.2) is 25.7 Å². The third-order valence-electron chi connectivity index (χ3n) is 3.28. The van der Waals surface area contributed by atoms with Crippen molar-refractivity contribution in [3.05, 3.63) is 28.2 Å². The molecule has 17 heavy (non-hydrogen) atoms. The van der Waals surface area contributed by atoms with Gasteiger partial charge in [0.2, 0.25) is 0 Å². The topological polar surface area (TPSA) is 15.3 Å². The van der Waals surface area contributed by atoms with Gasteiger partial charge in [-0.25, -0.2) is 0 Å². The van der Waals surface area contributed by atoms with Gasteiger partial charge in [0.25, 0.3) is 0 Å². The predicted molar refractivity (Wildman–Crippen MR) is 77.8 cm³/mol. The highest BCUT2D eigenvalue weighted by Crippen LogP contribution is 2.23. The Morgan fingerprint density at radius 1 is 1.41 bits per heavy atom. The first-order valence-electron chi connectivity index (χ1n) is 6.44. The Morgan fingerprint density at radius 3 is 2.94 bits per heavy atom. The quantitative estimate of drug-likeness (QED) is 0.920. The van der Waals surface area contributed by atoms with Crippen LogP contribution in [0.15, 0.2) is 22.7 Å². The summed E-state index contributed by atoms with van der Waals surface area (Å²) in [6, 6.07) is 7.31. The maximum absolute atomic E-state index is 3.60. The van der Waals surface area contributed by atoms with Crippen LogP contribution < -0.4 is 10.2 Å². The molecule has 1 N–H and O–H groups in total. The first-order chi connectivity index (χ1) is 8.19. The van der Waals surface area contributed by atoms with Crippen LogP contribution in [-0.2, 0) is 0 Å². The molecule has 0 radical (unpaired) electrons. The number of piperazine rings is 1. The number of hydrogen-bond acceptors (Lipinski definition) is 2. The Balaban J connectivity index is 2.10. The fraction of sp³-hybridized carbons (Fsp3) is 0.571. The summed E-state index contributed by atoms with van der Waals surface area (Å²) in [6.45, 7) is 7.74. The molecule has 1 aliphatic rings. The van der Waals surface area contributed by atoms with Crippen molar-refractivity contribution in [3.8, 4) is 0 Å². The van der Waals surface area contributed by atoms with Crippen LogP contribution in [0.25, 0.3) is 0 Å². The molecule has 1 unspecified atom stereocenters. The zero-order chi connectivity index (χ0) is 12.3. The summed E-state index contributed by atoms with van der Waals surface area (Å²) in [4.78, 5) is 2.49. The molecular formula is C14H21BrN2. The Labute approximate surface area is 113 Å². The highest BCUT2D eigenvalue weighted by Gasteiger charge is 2.18. The van der Waals surface area contributed by atoms with E-state index in [0.717, 1.165) is 19.6 Å². The second-order valence-electron chi connectivity index (χ2n) is 4.87. The lowest BCUT2D eigenvalue weighted by molar-refractivity contribution is 0.431. The molecule has 1 heterocycles. The van der Waals surface area contributed by atoms with E-state index in [1.165, 1.54) is 28.6 Å². The van der Waals surface area contributed by atoms with E-state index in [0.29, 0.717) is 6.04 Å². The predicted octanol–water partition coefficient (Wildman–Crippen LogP) is 3.34. The van der Waals surface area contributed by atoms with Crippen LogP contribution in [0, 0.1) is 6.92 Å². The van der Waals surface area contributed by atoms with Crippen molar-refractivity contribution in [2.75, 3.05) is 24.5 Å². The minimum atomic E-state index is 0.646. The second-order valence-corrected chi connectivity index (χ2v) is 5.79. The molecule has 1 saturated heterocycles. The SMILES string of the molecule is CCCC1CN(c2cc(C)cc(Br)c2)CCN1. The van der Waals surface area contributed by atoms with E-state index in [2.05, 4.69) is 58.2 Å². The molecule has 1 atom stereocenters. The smallest absolute Gasteiger partial charge is 0.0381 e. The summed E-state index contributed by atoms with van der Waals surface area (Å²) in [6.07, 6.45) is 2.52. The Hall–Kier alpha value is -0.540. The molecule has 0 aliphatic carbocycles. The standard InChI is InChI=1S/C14H21BrN2/c1-3-4-13-10-17(6-5-16-13)14-8-11(2)7-12(15)9-14/h7-9,13,16H,3-6,10H2,1-2H3. The molecule has 0 aromatic heterocycles. The summed E-state index contributed by atoms with van der Waals surface area (Å²) in [7, 11) is 0. The Kier molecular flexibility index (Phi) is 4.46. The molecule has 1 fully saturated rings. The summed E-state index contributed by atoms with van der Waals surface area (Å²) in [5.74, 6) is 0. The average Bonchev–Trinajstić information content (AvgIpc) is 2.28. The van der Waals surface area contributed by atoms with Crippen molar-refractivity contribution >= 4 is 21.6 Å². The van der Waals surface area contributed by atoms with Crippen LogP contribution in [0.1, 0.15) is 25.3 Å². The number of nitrogens with one attached hydrogen (secondary N) is 1. The van der Waals surface area contributed by atoms with Gasteiger partial charge in [0.05, 0.1) is 0 Å². The first-order valence-corrected chi connectivity index (χ1v) is 7.24. The van der Waals surface area contributed by atoms with Crippen LogP contribution >= 0.6 is 15.9 Å². The molecule has 1 aliphatic heterocycles. The van der Waals surface area contributed by atoms with Crippen molar-refractivity contribution in [2.45, 2.75) is 32.7 Å². The van der Waals surface area contributed by atoms with Gasteiger partial charge in [-0.1, -0.05) is 29.3 Å². The normalized spacial score (nSPS) is 20.6. The minimum Gasteiger partial charge on any atom is -0.369 e. The van der Waals surface area contributed by atoms with Gasteiger partial charge in [0, 0.05) is 35.8 Å². The fourth-order valence-electron chi connectivity index (χ4n) is 2.50. The highest BCUT2D eigenvalue weighted by molar-refractivity contribution is 9.10. The van der Waals surface area contributed by atoms with E-state index in [1.807, 2.05) is 0 Å². The van der Waals surface area contributed by atoms with Crippen molar-refractivity contribution in [1.82, 2.24) is 5.32 Å². The first kappa shape index (κ1) is 12.9. The van der Waals surface area contributed by atoms with E-state index in [1.54, 1.807) is 0 Å². The number of hydrogen-bond donors (Lipinski definition) is 1. The van der Waals surface area contributed by atoms with Gasteiger partial charge in [0.1, 0.15) is 0 Å². The average molecular weight is 297 g/mol. The molecule has 0 saturated carbocycles. The Morgan fingerprint density at radius 2 is 2.24 bits per heavy atom. The lowest BCUT2D eigenvalue weighted by Crippen LogP contribution is -2.50. The van der Waals surface area contributed by atoms with Gasteiger partial charge in [-0.3, -0.25) is 0 Å². The molecule has 1 aromatic rings. The van der Waals surface area contributed by atoms with Gasteiger partial charge in [-0.15, -0.1) is 0 Å². The maximum Gasteiger partial charge on any atom is 0.0381 e. The van der Waals surface area contributed by atoms with E-state index in [4.69, 9.17) is 0 Å². The summed E-state index contributed by atoms with van der Waals surface area (Å²) in [5.41, 5.74) is 2.67. The van der Waals surface area contributed by atoms with Gasteiger partial charge in [-0.2, -0.15) is 0 Å². The van der Waals surface area contributed by atoms with Crippen molar-refractivity contribution < 1.29 is 0 Å². The number of anilines is 1. The number of nitrogens with zero attached hydrogens (tertiary/aromatic N) is 1. The summed E-state index contributed by atoms with van der Waals surface area (Å²) in [5, 5.41) is 3.60. The summed E-state index contributed by atoms with van der Waals surface area (Å²) < 4.78 is 1.18. The number of halogens is 1. The fourth-order valence-corrected chi connectivity index (χ4v) is 3.10. The van der Waals surface area contributed by atoms with Gasteiger partial charge in [0.15, 0.2) is 0 Å². The van der Waals surface area contributed by atoms with Crippen LogP contribution in [0.4, 0.5) is 5.69 Å². The van der Waals surface area contributed by atoms with Crippen LogP contribution in [0.5, 0.6) is 0 Å². The van der Waals surface area contributed by atoms with Gasteiger partial charge in [-0.05, 0) is 37.1 Å². The second kappa shape index (κ2) is 5.87. The molecule has 3 heteroatoms. The molecule has 94 valence electrons. The number of aryl methyl sites for hydroxylation is 1. The molecule has 2 nitrogen and oxygen atoms in total. The van der Waals surface area contributed by atoms with Gasteiger partial charge < -0.3 is 10.2 Å². The Bertz CT molecular complexity index is 356. The molecule has 1 aromatic carbocycles. The third kappa shape index (κ3) is 3.46. The molecule has 2 rings (SSSR count). The molecule has 0 spiro atoms. The van der Waals surface area contributed by atoms with Crippen molar-refractivity contribution in [3.63, 3.8) is 0 Å². The molecular weight excluding hydrogens is 276 g/mol. The lowest BCUT2D eigenvalue weighted by atomic mass is 10.1. The van der Waals surface area contributed by atoms with E-state index in [9.17, 15) is 0 Å². The van der Waals surface area contributed by atoms with Crippen molar-refractivity contribution in [1.29, 1.82) is 0 Å². The monoisotopic (exact) mass is 296 g/mol. The maximum atomic E-state index is 3.60. The zero-order valence-electron chi connectivity index (χ0n) is 10.7. The van der Waals surface area contributed by atoms with Gasteiger partial charge >= 0.3 is 0 Å². The van der Waals surface area contributed by atoms with Crippen molar-refractivity contribution in [2.24, 2.45) is 0 Å². The third-order valence-corrected chi connectivity index (χ3v) is 3.74. The number of benzene rings is 1. The lowest BCUT2D eigenvalue weighted by Gasteiger charge is -2.35. The highest BCUT2D eigenvalue weighted by atomic mass is 79.9. The van der Waals surface area contributed by atoms with Crippen LogP contribution in [0.3, 0.4) is 0 Å². The molecule has 0 bridgehead atoms. The van der Waals surface area contributed by atoms with E-state index < -0.39 is 0 Å². The minimum absolute atomic E-state index is 0.646. The zero-order valence-corrected chi connectivity index (χ0v) is 12.3. The molecule has 0 amide bonds.